The molecule has 20 heavy (non-hydrogen) atoms. The molecule has 0 radical (unpaired) electrons. The summed E-state index contributed by atoms with van der Waals surface area (Å²) in [6, 6.07) is 4.28. The molecule has 0 bridgehead atoms. The second-order valence-corrected chi connectivity index (χ2v) is 4.42. The first-order valence-corrected chi connectivity index (χ1v) is 6.42. The van der Waals surface area contributed by atoms with E-state index in [0.29, 0.717) is 24.4 Å². The normalized spacial score (nSPS) is 10.1. The number of rotatable bonds is 7. The van der Waals surface area contributed by atoms with Gasteiger partial charge in [0.25, 0.3) is 0 Å². The fourth-order valence-electron chi connectivity index (χ4n) is 1.68. The largest absolute Gasteiger partial charge is 0.478 e. The Balaban J connectivity index is 2.44. The van der Waals surface area contributed by atoms with Gasteiger partial charge in [-0.25, -0.2) is 9.59 Å². The smallest absolute Gasteiger partial charge is 0.335 e. The molecule has 0 spiro atoms. The molecule has 0 heterocycles. The Labute approximate surface area is 118 Å². The van der Waals surface area contributed by atoms with Gasteiger partial charge in [-0.3, -0.25) is 0 Å². The van der Waals surface area contributed by atoms with Crippen LogP contribution in [0.25, 0.3) is 0 Å². The van der Waals surface area contributed by atoms with Crippen molar-refractivity contribution in [3.63, 3.8) is 0 Å². The number of amides is 2. The lowest BCUT2D eigenvalue weighted by Gasteiger charge is -2.10. The van der Waals surface area contributed by atoms with E-state index in [2.05, 4.69) is 10.6 Å². The van der Waals surface area contributed by atoms with Crippen LogP contribution in [0.4, 0.5) is 10.5 Å². The summed E-state index contributed by atoms with van der Waals surface area (Å²) in [5.41, 5.74) is 1.51. The van der Waals surface area contributed by atoms with Crippen LogP contribution in [0.5, 0.6) is 0 Å². The van der Waals surface area contributed by atoms with Gasteiger partial charge in [0, 0.05) is 25.9 Å². The molecule has 1 rings (SSSR count). The molecule has 0 unspecified atom stereocenters. The Morgan fingerprint density at radius 2 is 2.05 bits per heavy atom. The van der Waals surface area contributed by atoms with Gasteiger partial charge in [0.2, 0.25) is 0 Å². The van der Waals surface area contributed by atoms with Gasteiger partial charge < -0.3 is 20.5 Å². The number of carboxylic acids is 1. The highest BCUT2D eigenvalue weighted by molar-refractivity contribution is 5.92. The van der Waals surface area contributed by atoms with E-state index < -0.39 is 5.97 Å². The number of ether oxygens (including phenoxy) is 1. The summed E-state index contributed by atoms with van der Waals surface area (Å²) in [6.45, 7) is 3.00. The van der Waals surface area contributed by atoms with Crippen molar-refractivity contribution in [2.24, 2.45) is 0 Å². The first-order valence-electron chi connectivity index (χ1n) is 6.42. The predicted octanol–water partition coefficient (Wildman–Crippen LogP) is 2.24. The molecule has 0 atom stereocenters. The molecular formula is C14H20N2O4. The SMILES string of the molecule is COCCCCNC(=O)Nc1ccc(C(=O)O)cc1C. The zero-order valence-electron chi connectivity index (χ0n) is 11.7. The number of benzene rings is 1. The summed E-state index contributed by atoms with van der Waals surface area (Å²) in [5, 5.41) is 14.3. The van der Waals surface area contributed by atoms with Crippen LogP contribution in [0.2, 0.25) is 0 Å². The standard InChI is InChI=1S/C14H20N2O4/c1-10-9-11(13(17)18)5-6-12(10)16-14(19)15-7-3-4-8-20-2/h5-6,9H,3-4,7-8H2,1-2H3,(H,17,18)(H2,15,16,19). The number of aryl methyl sites for hydroxylation is 1. The maximum Gasteiger partial charge on any atom is 0.335 e. The Morgan fingerprint density at radius 1 is 1.30 bits per heavy atom. The van der Waals surface area contributed by atoms with Crippen molar-refractivity contribution in [1.82, 2.24) is 5.32 Å². The van der Waals surface area contributed by atoms with Gasteiger partial charge in [-0.15, -0.1) is 0 Å². The van der Waals surface area contributed by atoms with Gasteiger partial charge >= 0.3 is 12.0 Å². The summed E-state index contributed by atoms with van der Waals surface area (Å²) >= 11 is 0. The van der Waals surface area contributed by atoms with Crippen molar-refractivity contribution in [2.75, 3.05) is 25.6 Å². The Morgan fingerprint density at radius 3 is 2.65 bits per heavy atom. The van der Waals surface area contributed by atoms with E-state index >= 15 is 0 Å². The fraction of sp³-hybridized carbons (Fsp3) is 0.429. The third kappa shape index (κ3) is 5.27. The number of nitrogens with one attached hydrogen (secondary N) is 2. The van der Waals surface area contributed by atoms with Crippen LogP contribution in [-0.2, 0) is 4.74 Å². The highest BCUT2D eigenvalue weighted by Crippen LogP contribution is 2.16. The average Bonchev–Trinajstić information content (AvgIpc) is 2.40. The van der Waals surface area contributed by atoms with E-state index in [1.165, 1.54) is 12.1 Å². The molecule has 0 saturated carbocycles. The first-order chi connectivity index (χ1) is 9.54. The quantitative estimate of drug-likeness (QED) is 0.668. The predicted molar refractivity (Wildman–Crippen MR) is 76.3 cm³/mol. The number of carbonyl (C=O) groups excluding carboxylic acids is 1. The molecular weight excluding hydrogens is 260 g/mol. The third-order valence-corrected chi connectivity index (χ3v) is 2.78. The topological polar surface area (TPSA) is 87.7 Å². The van der Waals surface area contributed by atoms with Gasteiger partial charge in [0.05, 0.1) is 5.56 Å². The lowest BCUT2D eigenvalue weighted by Crippen LogP contribution is -2.29. The molecule has 0 saturated heterocycles. The molecule has 0 aliphatic carbocycles. The molecule has 1 aromatic carbocycles. The number of methoxy groups -OCH3 is 1. The van der Waals surface area contributed by atoms with E-state index in [0.717, 1.165) is 12.8 Å². The number of hydrogen-bond donors (Lipinski definition) is 3. The first kappa shape index (κ1) is 16.0. The number of aromatic carboxylic acids is 1. The van der Waals surface area contributed by atoms with Crippen molar-refractivity contribution in [2.45, 2.75) is 19.8 Å². The minimum atomic E-state index is -0.984. The lowest BCUT2D eigenvalue weighted by atomic mass is 10.1. The van der Waals surface area contributed by atoms with Crippen LogP contribution in [0.3, 0.4) is 0 Å². The van der Waals surface area contributed by atoms with Gasteiger partial charge in [-0.05, 0) is 43.5 Å². The number of unbranched alkanes of at least 4 members (excludes halogenated alkanes) is 1. The molecule has 2 amide bonds. The highest BCUT2D eigenvalue weighted by Gasteiger charge is 2.07. The monoisotopic (exact) mass is 280 g/mol. The summed E-state index contributed by atoms with van der Waals surface area (Å²) in [6.07, 6.45) is 1.74. The second kappa shape index (κ2) is 8.16. The Hall–Kier alpha value is -2.08. The van der Waals surface area contributed by atoms with Crippen LogP contribution >= 0.6 is 0 Å². The molecule has 0 aliphatic heterocycles. The zero-order valence-corrected chi connectivity index (χ0v) is 11.7. The van der Waals surface area contributed by atoms with Crippen LogP contribution in [0.15, 0.2) is 18.2 Å². The molecule has 0 aliphatic rings. The average molecular weight is 280 g/mol. The maximum atomic E-state index is 11.6. The van der Waals surface area contributed by atoms with E-state index in [4.69, 9.17) is 9.84 Å². The van der Waals surface area contributed by atoms with E-state index in [1.807, 2.05) is 0 Å². The molecule has 6 heteroatoms. The third-order valence-electron chi connectivity index (χ3n) is 2.78. The van der Waals surface area contributed by atoms with E-state index in [9.17, 15) is 9.59 Å². The summed E-state index contributed by atoms with van der Waals surface area (Å²) < 4.78 is 4.91. The summed E-state index contributed by atoms with van der Waals surface area (Å²) in [4.78, 5) is 22.5. The van der Waals surface area contributed by atoms with Crippen molar-refractivity contribution in [1.29, 1.82) is 0 Å². The minimum absolute atomic E-state index is 0.202. The van der Waals surface area contributed by atoms with E-state index in [1.54, 1.807) is 20.1 Å². The Bertz CT molecular complexity index is 474. The number of carboxylic acid groups (broad SMARTS) is 1. The van der Waals surface area contributed by atoms with Crippen LogP contribution in [-0.4, -0.2) is 37.4 Å². The molecule has 110 valence electrons. The summed E-state index contributed by atoms with van der Waals surface area (Å²) in [7, 11) is 1.64. The van der Waals surface area contributed by atoms with Crippen molar-refractivity contribution in [3.8, 4) is 0 Å². The van der Waals surface area contributed by atoms with Crippen molar-refractivity contribution < 1.29 is 19.4 Å². The molecule has 6 nitrogen and oxygen atoms in total. The minimum Gasteiger partial charge on any atom is -0.478 e. The number of anilines is 1. The van der Waals surface area contributed by atoms with Crippen LogP contribution < -0.4 is 10.6 Å². The fourth-order valence-corrected chi connectivity index (χ4v) is 1.68. The van der Waals surface area contributed by atoms with Crippen molar-refractivity contribution in [3.05, 3.63) is 29.3 Å². The molecule has 0 fully saturated rings. The second-order valence-electron chi connectivity index (χ2n) is 4.42. The van der Waals surface area contributed by atoms with Gasteiger partial charge in [-0.2, -0.15) is 0 Å². The number of carbonyl (C=O) groups is 2. The van der Waals surface area contributed by atoms with Crippen molar-refractivity contribution >= 4 is 17.7 Å². The maximum absolute atomic E-state index is 11.6. The van der Waals surface area contributed by atoms with Crippen LogP contribution in [0.1, 0.15) is 28.8 Å². The summed E-state index contributed by atoms with van der Waals surface area (Å²) in [5.74, 6) is -0.984. The molecule has 3 N–H and O–H groups in total. The zero-order chi connectivity index (χ0) is 15.0. The molecule has 1 aromatic rings. The van der Waals surface area contributed by atoms with Gasteiger partial charge in [0.15, 0.2) is 0 Å². The number of hydrogen-bond acceptors (Lipinski definition) is 3. The van der Waals surface area contributed by atoms with Crippen LogP contribution in [0, 0.1) is 6.92 Å². The van der Waals surface area contributed by atoms with Gasteiger partial charge in [-0.1, -0.05) is 0 Å². The molecule has 0 aromatic heterocycles. The lowest BCUT2D eigenvalue weighted by molar-refractivity contribution is 0.0697. The number of urea groups is 1. The Kier molecular flexibility index (Phi) is 6.52. The van der Waals surface area contributed by atoms with E-state index in [-0.39, 0.29) is 11.6 Å². The highest BCUT2D eigenvalue weighted by atomic mass is 16.5. The van der Waals surface area contributed by atoms with Gasteiger partial charge in [0.1, 0.15) is 0 Å².